The van der Waals surface area contributed by atoms with Crippen molar-refractivity contribution < 1.29 is 19.0 Å². The minimum Gasteiger partial charge on any atom is -0.493 e. The molecule has 42 heavy (non-hydrogen) atoms. The number of fused-ring (bicyclic) bond motifs is 1. The minimum atomic E-state index is -0.678. The molecule has 0 radical (unpaired) electrons. The molecule has 0 saturated heterocycles. The van der Waals surface area contributed by atoms with Gasteiger partial charge in [-0.25, -0.2) is 9.79 Å². The average Bonchev–Trinajstić information content (AvgIpc) is 3.31. The Labute approximate surface area is 269 Å². The Hall–Kier alpha value is -3.12. The largest absolute Gasteiger partial charge is 0.493 e. The molecular weight excluding hydrogens is 710 g/mol. The maximum atomic E-state index is 14.1. The number of methoxy groups -OCH3 is 2. The van der Waals surface area contributed by atoms with E-state index in [1.54, 1.807) is 29.9 Å². The topological polar surface area (TPSA) is 79.1 Å². The zero-order valence-electron chi connectivity index (χ0n) is 22.8. The van der Waals surface area contributed by atoms with Crippen LogP contribution in [-0.2, 0) is 16.1 Å². The Morgan fingerprint density at radius 2 is 1.86 bits per heavy atom. The second-order valence-electron chi connectivity index (χ2n) is 9.26. The second kappa shape index (κ2) is 13.0. The SMILES string of the molecule is CCC1=C(C(=O)OC)[C@@H](c2ccccc2)n2c(s/c(=C/c3cc(I)cc(OC)c3OCc3ccc(Cl)c(Cl)c3)c2=O)=N1. The molecule has 0 unspecified atom stereocenters. The molecule has 1 aliphatic rings. The van der Waals surface area contributed by atoms with E-state index in [9.17, 15) is 9.59 Å². The molecule has 0 fully saturated rings. The van der Waals surface area contributed by atoms with Crippen LogP contribution in [0.3, 0.4) is 0 Å². The number of hydrogen-bond donors (Lipinski definition) is 0. The first-order valence-corrected chi connectivity index (χ1v) is 15.5. The monoisotopic (exact) mass is 734 g/mol. The number of benzene rings is 3. The molecule has 0 aliphatic carbocycles. The predicted molar refractivity (Wildman–Crippen MR) is 173 cm³/mol. The Morgan fingerprint density at radius 1 is 1.10 bits per heavy atom. The zero-order chi connectivity index (χ0) is 30.0. The van der Waals surface area contributed by atoms with Gasteiger partial charge in [-0.1, -0.05) is 77.9 Å². The lowest BCUT2D eigenvalue weighted by Gasteiger charge is -2.25. The molecular formula is C31H25Cl2IN2O5S. The van der Waals surface area contributed by atoms with Crippen LogP contribution < -0.4 is 24.4 Å². The van der Waals surface area contributed by atoms with Gasteiger partial charge in [0.25, 0.3) is 5.56 Å². The zero-order valence-corrected chi connectivity index (χ0v) is 27.3. The minimum absolute atomic E-state index is 0.201. The fourth-order valence-corrected chi connectivity index (χ4v) is 6.69. The third kappa shape index (κ3) is 6.01. The summed E-state index contributed by atoms with van der Waals surface area (Å²) in [6.07, 6.45) is 2.27. The van der Waals surface area contributed by atoms with Crippen molar-refractivity contribution in [2.75, 3.05) is 14.2 Å². The summed E-state index contributed by atoms with van der Waals surface area (Å²) < 4.78 is 19.9. The summed E-state index contributed by atoms with van der Waals surface area (Å²) in [7, 11) is 2.90. The van der Waals surface area contributed by atoms with Gasteiger partial charge in [-0.05, 0) is 70.5 Å². The molecule has 7 nitrogen and oxygen atoms in total. The summed E-state index contributed by atoms with van der Waals surface area (Å²) in [5.41, 5.74) is 2.92. The molecule has 0 bridgehead atoms. The lowest BCUT2D eigenvalue weighted by Crippen LogP contribution is -2.40. The molecule has 11 heteroatoms. The maximum Gasteiger partial charge on any atom is 0.338 e. The predicted octanol–water partition coefficient (Wildman–Crippen LogP) is 6.30. The van der Waals surface area contributed by atoms with Crippen molar-refractivity contribution in [2.45, 2.75) is 26.0 Å². The van der Waals surface area contributed by atoms with Crippen LogP contribution in [0.15, 0.2) is 81.7 Å². The van der Waals surface area contributed by atoms with Crippen molar-refractivity contribution in [3.63, 3.8) is 0 Å². The van der Waals surface area contributed by atoms with Crippen molar-refractivity contribution in [3.05, 3.63) is 122 Å². The molecule has 0 saturated carbocycles. The van der Waals surface area contributed by atoms with E-state index in [2.05, 4.69) is 22.6 Å². The van der Waals surface area contributed by atoms with Crippen LogP contribution in [0, 0.1) is 3.57 Å². The summed E-state index contributed by atoms with van der Waals surface area (Å²) in [4.78, 5) is 32.3. The van der Waals surface area contributed by atoms with E-state index in [1.807, 2.05) is 55.5 Å². The number of hydrogen-bond acceptors (Lipinski definition) is 7. The molecule has 3 aromatic carbocycles. The number of thiazole rings is 1. The summed E-state index contributed by atoms with van der Waals surface area (Å²) >= 11 is 15.7. The fourth-order valence-electron chi connectivity index (χ4n) is 4.74. The van der Waals surface area contributed by atoms with E-state index >= 15 is 0 Å². The van der Waals surface area contributed by atoms with Gasteiger partial charge >= 0.3 is 5.97 Å². The lowest BCUT2D eigenvalue weighted by molar-refractivity contribution is -0.136. The van der Waals surface area contributed by atoms with E-state index in [0.29, 0.717) is 54.1 Å². The first-order valence-electron chi connectivity index (χ1n) is 12.9. The highest BCUT2D eigenvalue weighted by atomic mass is 127. The van der Waals surface area contributed by atoms with E-state index in [0.717, 1.165) is 14.7 Å². The number of carbonyl (C=O) groups is 1. The molecule has 0 amide bonds. The molecule has 216 valence electrons. The summed E-state index contributed by atoms with van der Waals surface area (Å²) in [5, 5.41) is 0.887. The third-order valence-corrected chi connectivity index (χ3v) is 9.03. The van der Waals surface area contributed by atoms with Crippen LogP contribution in [0.5, 0.6) is 11.5 Å². The standard InChI is InChI=1S/C31H25Cl2IN2O5S/c1-4-23-26(30(38)40-3)27(18-8-6-5-7-9-18)36-29(37)25(42-31(36)35-23)14-19-13-20(34)15-24(39-2)28(19)41-16-17-10-11-21(32)22(33)12-17/h5-15,27H,4,16H2,1-3H3/b25-14+/t27-/m1/s1. The van der Waals surface area contributed by atoms with Crippen LogP contribution >= 0.6 is 57.1 Å². The molecule has 4 aromatic rings. The molecule has 1 aromatic heterocycles. The highest BCUT2D eigenvalue weighted by Gasteiger charge is 2.33. The quantitative estimate of drug-likeness (QED) is 0.157. The highest BCUT2D eigenvalue weighted by Crippen LogP contribution is 2.36. The van der Waals surface area contributed by atoms with Crippen molar-refractivity contribution >= 4 is 69.2 Å². The Balaban J connectivity index is 1.67. The van der Waals surface area contributed by atoms with Gasteiger partial charge in [-0.15, -0.1) is 0 Å². The number of ether oxygens (including phenoxy) is 3. The molecule has 5 rings (SSSR count). The van der Waals surface area contributed by atoms with Gasteiger partial charge < -0.3 is 14.2 Å². The second-order valence-corrected chi connectivity index (χ2v) is 12.3. The van der Waals surface area contributed by atoms with Crippen LogP contribution in [0.4, 0.5) is 0 Å². The van der Waals surface area contributed by atoms with E-state index in [-0.39, 0.29) is 12.2 Å². The fraction of sp³-hybridized carbons (Fsp3) is 0.194. The Bertz CT molecular complexity index is 1890. The van der Waals surface area contributed by atoms with E-state index < -0.39 is 12.0 Å². The van der Waals surface area contributed by atoms with E-state index in [1.165, 1.54) is 18.4 Å². The Morgan fingerprint density at radius 3 is 2.52 bits per heavy atom. The number of carbonyl (C=O) groups excluding carboxylic acids is 1. The molecule has 1 aliphatic heterocycles. The van der Waals surface area contributed by atoms with Crippen molar-refractivity contribution in [3.8, 4) is 11.5 Å². The van der Waals surface area contributed by atoms with Gasteiger partial charge in [0.05, 0.1) is 46.1 Å². The number of aromatic nitrogens is 1. The van der Waals surface area contributed by atoms with Crippen molar-refractivity contribution in [1.29, 1.82) is 0 Å². The smallest absolute Gasteiger partial charge is 0.338 e. The molecule has 0 spiro atoms. The Kier molecular flexibility index (Phi) is 9.41. The molecule has 2 heterocycles. The first-order chi connectivity index (χ1) is 20.2. The van der Waals surface area contributed by atoms with Gasteiger partial charge in [0, 0.05) is 9.13 Å². The summed E-state index contributed by atoms with van der Waals surface area (Å²) in [5.74, 6) is 0.474. The third-order valence-electron chi connectivity index (χ3n) is 6.69. The van der Waals surface area contributed by atoms with Gasteiger partial charge in [0.1, 0.15) is 6.61 Å². The van der Waals surface area contributed by atoms with Crippen molar-refractivity contribution in [2.24, 2.45) is 4.99 Å². The number of esters is 1. The van der Waals surface area contributed by atoms with Crippen molar-refractivity contribution in [1.82, 2.24) is 4.57 Å². The summed E-state index contributed by atoms with van der Waals surface area (Å²) in [6, 6.07) is 17.8. The van der Waals surface area contributed by atoms with Gasteiger partial charge in [-0.3, -0.25) is 9.36 Å². The van der Waals surface area contributed by atoms with Crippen LogP contribution in [0.1, 0.15) is 36.1 Å². The number of nitrogens with zero attached hydrogens (tertiary/aromatic N) is 2. The van der Waals surface area contributed by atoms with E-state index in [4.69, 9.17) is 42.4 Å². The number of allylic oxidation sites excluding steroid dienone is 1. The highest BCUT2D eigenvalue weighted by molar-refractivity contribution is 14.1. The molecule has 1 atom stereocenters. The van der Waals surface area contributed by atoms with Gasteiger partial charge in [0.15, 0.2) is 16.3 Å². The first kappa shape index (κ1) is 30.3. The van der Waals surface area contributed by atoms with Crippen LogP contribution in [0.2, 0.25) is 10.0 Å². The van der Waals surface area contributed by atoms with Gasteiger partial charge in [0.2, 0.25) is 0 Å². The summed E-state index contributed by atoms with van der Waals surface area (Å²) in [6.45, 7) is 2.13. The normalized spacial score (nSPS) is 14.8. The van der Waals surface area contributed by atoms with Gasteiger partial charge in [-0.2, -0.15) is 0 Å². The number of halogens is 3. The van der Waals surface area contributed by atoms with Crippen LogP contribution in [0.25, 0.3) is 6.08 Å². The maximum absolute atomic E-state index is 14.1. The molecule has 0 N–H and O–H groups in total. The van der Waals surface area contributed by atoms with Crippen LogP contribution in [-0.4, -0.2) is 24.8 Å². The average molecular weight is 735 g/mol. The lowest BCUT2D eigenvalue weighted by atomic mass is 9.95. The number of rotatable bonds is 8.